The minimum Gasteiger partial charge on any atom is -0.343 e. The van der Waals surface area contributed by atoms with Crippen molar-refractivity contribution >= 4 is 11.9 Å². The van der Waals surface area contributed by atoms with Gasteiger partial charge in [-0.05, 0) is 24.7 Å². The number of nitrogens with one attached hydrogen (secondary N) is 2. The zero-order valence-corrected chi connectivity index (χ0v) is 14.0. The maximum atomic E-state index is 11.9. The summed E-state index contributed by atoms with van der Waals surface area (Å²) in [6, 6.07) is 0.0841. The number of likely N-dealkylation sites (tertiary alicyclic amines) is 1. The fourth-order valence-electron chi connectivity index (χ4n) is 2.34. The van der Waals surface area contributed by atoms with Crippen molar-refractivity contribution in [1.29, 1.82) is 0 Å². The van der Waals surface area contributed by atoms with Crippen LogP contribution < -0.4 is 10.6 Å². The molecule has 2 N–H and O–H groups in total. The van der Waals surface area contributed by atoms with E-state index in [4.69, 9.17) is 0 Å². The fraction of sp³-hybridized carbons (Fsp3) is 0.875. The number of urea groups is 1. The Labute approximate surface area is 128 Å². The van der Waals surface area contributed by atoms with Crippen LogP contribution in [-0.2, 0) is 4.79 Å². The van der Waals surface area contributed by atoms with Gasteiger partial charge >= 0.3 is 6.03 Å². The topological polar surface area (TPSA) is 61.4 Å². The molecule has 1 heterocycles. The highest BCUT2D eigenvalue weighted by Crippen LogP contribution is 2.13. The second-order valence-corrected chi connectivity index (χ2v) is 7.15. The van der Waals surface area contributed by atoms with E-state index in [1.54, 1.807) is 0 Å². The molecule has 0 unspecified atom stereocenters. The van der Waals surface area contributed by atoms with E-state index in [1.165, 1.54) is 0 Å². The number of amides is 3. The molecule has 1 saturated heterocycles. The number of piperidine rings is 1. The average Bonchev–Trinajstić information content (AvgIpc) is 2.42. The highest BCUT2D eigenvalue weighted by molar-refractivity contribution is 5.76. The highest BCUT2D eigenvalue weighted by Gasteiger charge is 2.23. The molecular weight excluding hydrogens is 266 g/mol. The highest BCUT2D eigenvalue weighted by atomic mass is 16.2. The largest absolute Gasteiger partial charge is 0.343 e. The molecule has 0 spiro atoms. The molecular formula is C16H31N3O2. The Kier molecular flexibility index (Phi) is 6.99. The summed E-state index contributed by atoms with van der Waals surface area (Å²) in [5.41, 5.74) is 0.0897. The van der Waals surface area contributed by atoms with Crippen molar-refractivity contribution in [3.8, 4) is 0 Å². The number of carbonyl (C=O) groups excluding carboxylic acids is 2. The predicted molar refractivity (Wildman–Crippen MR) is 85.1 cm³/mol. The van der Waals surface area contributed by atoms with E-state index < -0.39 is 0 Å². The van der Waals surface area contributed by atoms with Gasteiger partial charge in [0.05, 0.1) is 0 Å². The quantitative estimate of drug-likeness (QED) is 0.819. The van der Waals surface area contributed by atoms with E-state index in [9.17, 15) is 9.59 Å². The Morgan fingerprint density at radius 3 is 2.33 bits per heavy atom. The number of rotatable bonds is 5. The van der Waals surface area contributed by atoms with Crippen LogP contribution in [0.2, 0.25) is 0 Å². The number of hydrogen-bond donors (Lipinski definition) is 2. The Hall–Kier alpha value is -1.26. The Morgan fingerprint density at radius 2 is 1.81 bits per heavy atom. The van der Waals surface area contributed by atoms with E-state index in [0.29, 0.717) is 13.0 Å². The standard InChI is InChI=1S/C16H31N3O2/c1-5-6-7-14(20)19-10-8-13(9-11-19)18-15(21)17-12-16(2,3)4/h13H,5-12H2,1-4H3,(H2,17,18,21). The van der Waals surface area contributed by atoms with Crippen molar-refractivity contribution < 1.29 is 9.59 Å². The molecule has 0 bridgehead atoms. The first-order valence-electron chi connectivity index (χ1n) is 8.14. The van der Waals surface area contributed by atoms with E-state index in [0.717, 1.165) is 38.8 Å². The van der Waals surface area contributed by atoms with E-state index in [1.807, 2.05) is 4.90 Å². The summed E-state index contributed by atoms with van der Waals surface area (Å²) < 4.78 is 0. The van der Waals surface area contributed by atoms with Gasteiger partial charge < -0.3 is 15.5 Å². The SMILES string of the molecule is CCCCC(=O)N1CCC(NC(=O)NCC(C)(C)C)CC1. The van der Waals surface area contributed by atoms with Gasteiger partial charge in [0.1, 0.15) is 0 Å². The molecule has 1 aliphatic heterocycles. The molecule has 0 atom stereocenters. The molecule has 1 rings (SSSR count). The number of nitrogens with zero attached hydrogens (tertiary/aromatic N) is 1. The number of hydrogen-bond acceptors (Lipinski definition) is 2. The van der Waals surface area contributed by atoms with Crippen molar-refractivity contribution in [3.63, 3.8) is 0 Å². The minimum atomic E-state index is -0.0966. The lowest BCUT2D eigenvalue weighted by Gasteiger charge is -2.32. The molecule has 122 valence electrons. The molecule has 1 aliphatic rings. The molecule has 5 heteroatoms. The Balaban J connectivity index is 2.24. The molecule has 5 nitrogen and oxygen atoms in total. The Morgan fingerprint density at radius 1 is 1.19 bits per heavy atom. The number of carbonyl (C=O) groups is 2. The van der Waals surface area contributed by atoms with Crippen LogP contribution in [-0.4, -0.2) is 42.5 Å². The van der Waals surface area contributed by atoms with Gasteiger partial charge in [-0.3, -0.25) is 4.79 Å². The van der Waals surface area contributed by atoms with E-state index in [-0.39, 0.29) is 23.4 Å². The van der Waals surface area contributed by atoms with Gasteiger partial charge in [-0.15, -0.1) is 0 Å². The summed E-state index contributed by atoms with van der Waals surface area (Å²) in [7, 11) is 0. The third-order valence-corrected chi connectivity index (χ3v) is 3.71. The minimum absolute atomic E-state index is 0.0897. The van der Waals surface area contributed by atoms with Crippen molar-refractivity contribution in [2.24, 2.45) is 5.41 Å². The average molecular weight is 297 g/mol. The van der Waals surface area contributed by atoms with Crippen molar-refractivity contribution in [2.75, 3.05) is 19.6 Å². The van der Waals surface area contributed by atoms with Gasteiger partial charge in [-0.2, -0.15) is 0 Å². The summed E-state index contributed by atoms with van der Waals surface area (Å²) in [5.74, 6) is 0.257. The number of unbranched alkanes of at least 4 members (excludes halogenated alkanes) is 1. The molecule has 0 radical (unpaired) electrons. The van der Waals surface area contributed by atoms with Gasteiger partial charge in [0.15, 0.2) is 0 Å². The van der Waals surface area contributed by atoms with E-state index >= 15 is 0 Å². The lowest BCUT2D eigenvalue weighted by molar-refractivity contribution is -0.132. The first-order chi connectivity index (χ1) is 9.81. The molecule has 0 aromatic rings. The first kappa shape index (κ1) is 17.8. The van der Waals surface area contributed by atoms with Crippen LogP contribution >= 0.6 is 0 Å². The van der Waals surface area contributed by atoms with Crippen molar-refractivity contribution in [1.82, 2.24) is 15.5 Å². The summed E-state index contributed by atoms with van der Waals surface area (Å²) in [6.45, 7) is 10.5. The van der Waals surface area contributed by atoms with Crippen molar-refractivity contribution in [3.05, 3.63) is 0 Å². The van der Waals surface area contributed by atoms with Crippen LogP contribution in [0.3, 0.4) is 0 Å². The fourth-order valence-corrected chi connectivity index (χ4v) is 2.34. The monoisotopic (exact) mass is 297 g/mol. The molecule has 0 aromatic carbocycles. The summed E-state index contributed by atoms with van der Waals surface area (Å²) in [6.07, 6.45) is 4.37. The zero-order valence-electron chi connectivity index (χ0n) is 14.0. The third-order valence-electron chi connectivity index (χ3n) is 3.71. The smallest absolute Gasteiger partial charge is 0.315 e. The van der Waals surface area contributed by atoms with Gasteiger partial charge in [-0.1, -0.05) is 34.1 Å². The van der Waals surface area contributed by atoms with Gasteiger partial charge in [0.2, 0.25) is 5.91 Å². The molecule has 21 heavy (non-hydrogen) atoms. The van der Waals surface area contributed by atoms with Crippen LogP contribution in [0.4, 0.5) is 4.79 Å². The zero-order chi connectivity index (χ0) is 15.9. The molecule has 0 aliphatic carbocycles. The second kappa shape index (κ2) is 8.25. The van der Waals surface area contributed by atoms with E-state index in [2.05, 4.69) is 38.3 Å². The predicted octanol–water partition coefficient (Wildman–Crippen LogP) is 2.51. The van der Waals surface area contributed by atoms with Gasteiger partial charge in [0, 0.05) is 32.1 Å². The molecule has 3 amide bonds. The summed E-state index contributed by atoms with van der Waals surface area (Å²) in [4.78, 5) is 25.7. The maximum absolute atomic E-state index is 11.9. The van der Waals surface area contributed by atoms with Crippen LogP contribution in [0.5, 0.6) is 0 Å². The van der Waals surface area contributed by atoms with Crippen molar-refractivity contribution in [2.45, 2.75) is 65.8 Å². The Bertz CT molecular complexity index is 342. The third kappa shape index (κ3) is 7.34. The molecule has 0 saturated carbocycles. The van der Waals surface area contributed by atoms with Crippen LogP contribution in [0.15, 0.2) is 0 Å². The first-order valence-corrected chi connectivity index (χ1v) is 8.14. The van der Waals surface area contributed by atoms with Gasteiger partial charge in [-0.25, -0.2) is 4.79 Å². The lowest BCUT2D eigenvalue weighted by atomic mass is 9.97. The lowest BCUT2D eigenvalue weighted by Crippen LogP contribution is -2.50. The van der Waals surface area contributed by atoms with Crippen LogP contribution in [0.1, 0.15) is 59.8 Å². The van der Waals surface area contributed by atoms with Gasteiger partial charge in [0.25, 0.3) is 0 Å². The normalized spacial score (nSPS) is 16.7. The summed E-state index contributed by atoms with van der Waals surface area (Å²) in [5, 5.41) is 5.91. The molecule has 1 fully saturated rings. The second-order valence-electron chi connectivity index (χ2n) is 7.15. The van der Waals surface area contributed by atoms with Crippen LogP contribution in [0.25, 0.3) is 0 Å². The molecule has 0 aromatic heterocycles. The van der Waals surface area contributed by atoms with Crippen LogP contribution in [0, 0.1) is 5.41 Å². The summed E-state index contributed by atoms with van der Waals surface area (Å²) >= 11 is 0. The maximum Gasteiger partial charge on any atom is 0.315 e.